The zero-order chi connectivity index (χ0) is 13.1. The zero-order valence-electron chi connectivity index (χ0n) is 10.1. The van der Waals surface area contributed by atoms with Crippen LogP contribution in [0.15, 0.2) is 29.2 Å². The molecule has 2 fully saturated rings. The molecule has 1 aromatic carbocycles. The molecule has 0 amide bonds. The number of hydrogen-bond acceptors (Lipinski definition) is 3. The van der Waals surface area contributed by atoms with Gasteiger partial charge >= 0.3 is 0 Å². The Morgan fingerprint density at radius 3 is 2.28 bits per heavy atom. The van der Waals surface area contributed by atoms with Gasteiger partial charge in [-0.3, -0.25) is 0 Å². The summed E-state index contributed by atoms with van der Waals surface area (Å²) in [4.78, 5) is 0.704. The number of thiocarbonyl (C=S) groups is 1. The Morgan fingerprint density at radius 2 is 1.94 bits per heavy atom. The largest absolute Gasteiger partial charge is 0.498 e. The van der Waals surface area contributed by atoms with Gasteiger partial charge in [0.2, 0.25) is 0 Å². The van der Waals surface area contributed by atoms with Gasteiger partial charge in [0.15, 0.2) is 5.05 Å². The highest BCUT2D eigenvalue weighted by Gasteiger charge is 2.37. The van der Waals surface area contributed by atoms with Gasteiger partial charge in [0.25, 0.3) is 0 Å². The van der Waals surface area contributed by atoms with Gasteiger partial charge in [-0.05, 0) is 55.4 Å². The first-order valence-electron chi connectivity index (χ1n) is 6.27. The van der Waals surface area contributed by atoms with Crippen molar-refractivity contribution >= 4 is 42.5 Å². The van der Waals surface area contributed by atoms with Crippen LogP contribution in [0.3, 0.4) is 0 Å². The monoisotopic (exact) mass is 298 g/mol. The van der Waals surface area contributed by atoms with Gasteiger partial charge in [0, 0.05) is 15.7 Å². The predicted octanol–water partition coefficient (Wildman–Crippen LogP) is 4.31. The molecule has 2 aliphatic carbocycles. The molecule has 1 N–H and O–H groups in total. The Bertz CT molecular complexity index is 431. The summed E-state index contributed by atoms with van der Waals surface area (Å²) in [6, 6.07) is 7.15. The number of benzene rings is 1. The van der Waals surface area contributed by atoms with E-state index in [1.165, 1.54) is 25.7 Å². The SMILES string of the molecule is OC(=S)c1ccccc1S.SC1CC2CCC1C2. The third-order valence-corrected chi connectivity index (χ3v) is 5.08. The van der Waals surface area contributed by atoms with Gasteiger partial charge in [0.05, 0.1) is 0 Å². The quantitative estimate of drug-likeness (QED) is 0.530. The lowest BCUT2D eigenvalue weighted by atomic mass is 10.0. The summed E-state index contributed by atoms with van der Waals surface area (Å²) in [5.41, 5.74) is 0.612. The highest BCUT2D eigenvalue weighted by atomic mass is 32.1. The predicted molar refractivity (Wildman–Crippen MR) is 86.2 cm³/mol. The number of hydrogen-bond donors (Lipinski definition) is 3. The van der Waals surface area contributed by atoms with Gasteiger partial charge in [-0.15, -0.1) is 12.6 Å². The summed E-state index contributed by atoms with van der Waals surface area (Å²) in [5.74, 6) is 2.07. The standard InChI is InChI=1S/C7H6OS2.C7H12S/c8-7(10)5-3-1-2-4-6(5)9;8-7-4-5-1-2-6(7)3-5/h1-4,9H,(H,8,10);5-8H,1-4H2. The minimum Gasteiger partial charge on any atom is -0.498 e. The van der Waals surface area contributed by atoms with Crippen LogP contribution in [0.25, 0.3) is 0 Å². The molecule has 18 heavy (non-hydrogen) atoms. The lowest BCUT2D eigenvalue weighted by Crippen LogP contribution is -2.08. The fourth-order valence-corrected chi connectivity index (χ4v) is 3.95. The first-order valence-corrected chi connectivity index (χ1v) is 7.64. The van der Waals surface area contributed by atoms with E-state index in [0.717, 1.165) is 17.1 Å². The molecule has 2 saturated carbocycles. The summed E-state index contributed by atoms with van der Waals surface area (Å²) in [5, 5.41) is 9.55. The van der Waals surface area contributed by atoms with Gasteiger partial charge in [-0.25, -0.2) is 0 Å². The highest BCUT2D eigenvalue weighted by molar-refractivity contribution is 7.81. The average Bonchev–Trinajstić information content (AvgIpc) is 2.91. The second-order valence-corrected chi connectivity index (χ2v) is 6.60. The molecule has 0 saturated heterocycles. The third-order valence-electron chi connectivity index (χ3n) is 3.84. The van der Waals surface area contributed by atoms with Crippen LogP contribution in [-0.4, -0.2) is 15.4 Å². The molecule has 2 bridgehead atoms. The molecule has 3 atom stereocenters. The van der Waals surface area contributed by atoms with E-state index in [2.05, 4.69) is 37.5 Å². The van der Waals surface area contributed by atoms with E-state index >= 15 is 0 Å². The van der Waals surface area contributed by atoms with Crippen LogP contribution >= 0.6 is 37.5 Å². The van der Waals surface area contributed by atoms with E-state index in [9.17, 15) is 0 Å². The molecule has 98 valence electrons. The summed E-state index contributed by atoms with van der Waals surface area (Å²) in [6.07, 6.45) is 5.88. The van der Waals surface area contributed by atoms with Crippen LogP contribution in [0.1, 0.15) is 31.2 Å². The van der Waals surface area contributed by atoms with Crippen molar-refractivity contribution in [3.05, 3.63) is 29.8 Å². The molecule has 4 heteroatoms. The zero-order valence-corrected chi connectivity index (χ0v) is 12.7. The van der Waals surface area contributed by atoms with Crippen molar-refractivity contribution in [1.82, 2.24) is 0 Å². The molecule has 1 nitrogen and oxygen atoms in total. The van der Waals surface area contributed by atoms with Crippen LogP contribution in [0.5, 0.6) is 0 Å². The number of aliphatic hydroxyl groups is 1. The van der Waals surface area contributed by atoms with Crippen molar-refractivity contribution in [2.24, 2.45) is 11.8 Å². The maximum absolute atomic E-state index is 8.89. The molecule has 0 spiro atoms. The Kier molecular flexibility index (Phi) is 4.98. The first kappa shape index (κ1) is 14.2. The van der Waals surface area contributed by atoms with Crippen molar-refractivity contribution in [1.29, 1.82) is 0 Å². The number of fused-ring (bicyclic) bond motifs is 2. The van der Waals surface area contributed by atoms with Crippen molar-refractivity contribution in [3.8, 4) is 0 Å². The van der Waals surface area contributed by atoms with E-state index in [-0.39, 0.29) is 5.05 Å². The van der Waals surface area contributed by atoms with Crippen molar-refractivity contribution in [2.45, 2.75) is 35.8 Å². The van der Waals surface area contributed by atoms with Crippen LogP contribution in [0.4, 0.5) is 0 Å². The van der Waals surface area contributed by atoms with Gasteiger partial charge < -0.3 is 5.11 Å². The number of thiol groups is 2. The van der Waals surface area contributed by atoms with Crippen molar-refractivity contribution in [2.75, 3.05) is 0 Å². The fraction of sp³-hybridized carbons (Fsp3) is 0.500. The molecule has 3 unspecified atom stereocenters. The van der Waals surface area contributed by atoms with Crippen molar-refractivity contribution in [3.63, 3.8) is 0 Å². The molecule has 0 aromatic heterocycles. The summed E-state index contributed by atoms with van der Waals surface area (Å²) < 4.78 is 0. The van der Waals surface area contributed by atoms with Gasteiger partial charge in [-0.1, -0.05) is 18.6 Å². The molecule has 3 rings (SSSR count). The Morgan fingerprint density at radius 1 is 1.22 bits per heavy atom. The maximum Gasteiger partial charge on any atom is 0.189 e. The van der Waals surface area contributed by atoms with E-state index in [1.807, 2.05) is 6.07 Å². The smallest absolute Gasteiger partial charge is 0.189 e. The minimum absolute atomic E-state index is 0.106. The maximum atomic E-state index is 8.89. The van der Waals surface area contributed by atoms with Crippen LogP contribution < -0.4 is 0 Å². The summed E-state index contributed by atoms with van der Waals surface area (Å²) in [6.45, 7) is 0. The summed E-state index contributed by atoms with van der Waals surface area (Å²) in [7, 11) is 0. The molecule has 1 aromatic rings. The molecular formula is C14H18OS3. The Hall–Kier alpha value is -0.190. The van der Waals surface area contributed by atoms with Crippen LogP contribution in [0.2, 0.25) is 0 Å². The van der Waals surface area contributed by atoms with Crippen LogP contribution in [-0.2, 0) is 0 Å². The summed E-state index contributed by atoms with van der Waals surface area (Å²) >= 11 is 13.1. The van der Waals surface area contributed by atoms with E-state index < -0.39 is 0 Å². The lowest BCUT2D eigenvalue weighted by molar-refractivity contribution is 0.494. The van der Waals surface area contributed by atoms with E-state index in [4.69, 9.17) is 5.11 Å². The topological polar surface area (TPSA) is 20.2 Å². The molecule has 2 aliphatic rings. The second-order valence-electron chi connectivity index (χ2n) is 5.06. The average molecular weight is 298 g/mol. The minimum atomic E-state index is -0.106. The Balaban J connectivity index is 0.000000136. The fourth-order valence-electron chi connectivity index (χ4n) is 2.87. The lowest BCUT2D eigenvalue weighted by Gasteiger charge is -2.14. The molecule has 0 radical (unpaired) electrons. The first-order chi connectivity index (χ1) is 8.58. The van der Waals surface area contributed by atoms with Crippen molar-refractivity contribution < 1.29 is 5.11 Å². The molecule has 0 aliphatic heterocycles. The van der Waals surface area contributed by atoms with E-state index in [1.54, 1.807) is 18.2 Å². The molecular weight excluding hydrogens is 280 g/mol. The van der Waals surface area contributed by atoms with E-state index in [0.29, 0.717) is 10.5 Å². The third kappa shape index (κ3) is 3.43. The highest BCUT2D eigenvalue weighted by Crippen LogP contribution is 2.46. The van der Waals surface area contributed by atoms with Gasteiger partial charge in [-0.2, -0.15) is 12.6 Å². The number of rotatable bonds is 1. The van der Waals surface area contributed by atoms with Gasteiger partial charge in [0.1, 0.15) is 0 Å². The molecule has 0 heterocycles. The number of aliphatic hydroxyl groups excluding tert-OH is 1. The second kappa shape index (κ2) is 6.31. The normalized spacial score (nSPS) is 28.7. The Labute approximate surface area is 125 Å². The van der Waals surface area contributed by atoms with Crippen LogP contribution in [0, 0.1) is 11.8 Å².